The number of nitrogens with zero attached hydrogens (tertiary/aromatic N) is 3. The number of benzene rings is 2. The number of nitrogens with one attached hydrogen (secondary N) is 1. The van der Waals surface area contributed by atoms with Crippen molar-refractivity contribution in [3.63, 3.8) is 0 Å². The molecule has 1 aromatic heterocycles. The number of halogens is 2. The Bertz CT molecular complexity index is 1210. The Morgan fingerprint density at radius 2 is 1.88 bits per heavy atom. The minimum absolute atomic E-state index is 0.00366. The van der Waals surface area contributed by atoms with Crippen molar-refractivity contribution in [3.8, 4) is 0 Å². The van der Waals surface area contributed by atoms with E-state index in [2.05, 4.69) is 10.4 Å². The van der Waals surface area contributed by atoms with Crippen LogP contribution in [0.15, 0.2) is 65.7 Å². The highest BCUT2D eigenvalue weighted by Gasteiger charge is 2.33. The van der Waals surface area contributed by atoms with Crippen LogP contribution < -0.4 is 5.32 Å². The van der Waals surface area contributed by atoms with Gasteiger partial charge in [0.05, 0.1) is 17.4 Å². The molecule has 1 N–H and O–H groups in total. The number of anilines is 1. The molecule has 1 aliphatic heterocycles. The van der Waals surface area contributed by atoms with Crippen molar-refractivity contribution in [2.45, 2.75) is 24.3 Å². The number of sulfonamides is 1. The maximum atomic E-state index is 13.3. The zero-order valence-electron chi connectivity index (χ0n) is 17.1. The summed E-state index contributed by atoms with van der Waals surface area (Å²) in [5, 5.41) is 7.02. The molecule has 0 unspecified atom stereocenters. The number of carbonyl (C=O) groups excluding carboxylic acids is 1. The quantitative estimate of drug-likeness (QED) is 0.612. The molecule has 3 aromatic rings. The summed E-state index contributed by atoms with van der Waals surface area (Å²) in [5.41, 5.74) is 0.736. The molecule has 0 bridgehead atoms. The summed E-state index contributed by atoms with van der Waals surface area (Å²) < 4.78 is 55.0. The normalized spacial score (nSPS) is 17.2. The molecule has 1 atom stereocenters. The van der Waals surface area contributed by atoms with Crippen LogP contribution in [0.4, 0.5) is 14.6 Å². The first kappa shape index (κ1) is 22.1. The molecule has 0 radical (unpaired) electrons. The van der Waals surface area contributed by atoms with Gasteiger partial charge in [0.25, 0.3) is 0 Å². The third kappa shape index (κ3) is 5.03. The molecule has 2 heterocycles. The van der Waals surface area contributed by atoms with Gasteiger partial charge in [-0.1, -0.05) is 12.1 Å². The van der Waals surface area contributed by atoms with E-state index in [0.717, 1.165) is 17.7 Å². The molecule has 1 amide bonds. The van der Waals surface area contributed by atoms with Gasteiger partial charge in [-0.3, -0.25) is 9.48 Å². The third-order valence-corrected chi connectivity index (χ3v) is 7.21. The predicted molar refractivity (Wildman–Crippen MR) is 114 cm³/mol. The van der Waals surface area contributed by atoms with E-state index in [-0.39, 0.29) is 23.2 Å². The number of amides is 1. The lowest BCUT2D eigenvalue weighted by atomic mass is 9.99. The van der Waals surface area contributed by atoms with Crippen molar-refractivity contribution in [1.82, 2.24) is 14.1 Å². The van der Waals surface area contributed by atoms with Crippen LogP contribution in [0.2, 0.25) is 0 Å². The molecule has 2 aromatic carbocycles. The van der Waals surface area contributed by atoms with Crippen LogP contribution in [-0.2, 0) is 21.4 Å². The third-order valence-electron chi connectivity index (χ3n) is 5.33. The van der Waals surface area contributed by atoms with Crippen molar-refractivity contribution in [2.75, 3.05) is 18.4 Å². The predicted octanol–water partition coefficient (Wildman–Crippen LogP) is 3.25. The van der Waals surface area contributed by atoms with Crippen LogP contribution in [0, 0.1) is 17.6 Å². The molecule has 10 heteroatoms. The largest absolute Gasteiger partial charge is 0.309 e. The standard InChI is InChI=1S/C22H22F2N4O3S/c23-18-6-8-20(9-7-18)32(30,31)28-11-2-4-17(15-28)22(29)25-21-10-12-27(26-21)14-16-3-1-5-19(24)13-16/h1,3,5-10,12-13,17H,2,4,11,14-15H2,(H,25,26,29)/t17-/m1/s1. The number of hydrogen-bond donors (Lipinski definition) is 1. The zero-order valence-corrected chi connectivity index (χ0v) is 17.9. The van der Waals surface area contributed by atoms with E-state index in [0.29, 0.717) is 31.7 Å². The van der Waals surface area contributed by atoms with Crippen LogP contribution in [-0.4, -0.2) is 41.5 Å². The van der Waals surface area contributed by atoms with E-state index in [4.69, 9.17) is 0 Å². The highest BCUT2D eigenvalue weighted by molar-refractivity contribution is 7.89. The summed E-state index contributed by atoms with van der Waals surface area (Å²) in [4.78, 5) is 12.7. The summed E-state index contributed by atoms with van der Waals surface area (Å²) >= 11 is 0. The Hall–Kier alpha value is -3.11. The lowest BCUT2D eigenvalue weighted by Crippen LogP contribution is -2.43. The number of rotatable bonds is 6. The molecule has 1 saturated heterocycles. The molecule has 7 nitrogen and oxygen atoms in total. The second-order valence-corrected chi connectivity index (χ2v) is 9.61. The molecule has 168 valence electrons. The number of carbonyl (C=O) groups is 1. The summed E-state index contributed by atoms with van der Waals surface area (Å²) in [5.74, 6) is -1.37. The van der Waals surface area contributed by atoms with Gasteiger partial charge in [-0.25, -0.2) is 17.2 Å². The molecule has 1 aliphatic rings. The fraction of sp³-hybridized carbons (Fsp3) is 0.273. The molecular weight excluding hydrogens is 438 g/mol. The highest BCUT2D eigenvalue weighted by atomic mass is 32.2. The van der Waals surface area contributed by atoms with Gasteiger partial charge in [-0.2, -0.15) is 9.40 Å². The second kappa shape index (κ2) is 9.17. The Balaban J connectivity index is 1.39. The van der Waals surface area contributed by atoms with E-state index in [1.165, 1.54) is 28.6 Å². The molecule has 0 saturated carbocycles. The van der Waals surface area contributed by atoms with Crippen LogP contribution >= 0.6 is 0 Å². The van der Waals surface area contributed by atoms with Gasteiger partial charge in [0.2, 0.25) is 15.9 Å². The van der Waals surface area contributed by atoms with E-state index in [1.807, 2.05) is 0 Å². The molecule has 32 heavy (non-hydrogen) atoms. The topological polar surface area (TPSA) is 84.3 Å². The van der Waals surface area contributed by atoms with Gasteiger partial charge in [0, 0.05) is 25.4 Å². The Morgan fingerprint density at radius 1 is 1.09 bits per heavy atom. The lowest BCUT2D eigenvalue weighted by molar-refractivity contribution is -0.120. The first-order valence-electron chi connectivity index (χ1n) is 10.2. The van der Waals surface area contributed by atoms with Gasteiger partial charge in [-0.05, 0) is 54.8 Å². The fourth-order valence-electron chi connectivity index (χ4n) is 3.70. The summed E-state index contributed by atoms with van der Waals surface area (Å²) in [6.07, 6.45) is 2.75. The van der Waals surface area contributed by atoms with E-state index >= 15 is 0 Å². The van der Waals surface area contributed by atoms with Crippen LogP contribution in [0.3, 0.4) is 0 Å². The van der Waals surface area contributed by atoms with E-state index < -0.39 is 21.8 Å². The first-order valence-corrected chi connectivity index (χ1v) is 11.6. The fourth-order valence-corrected chi connectivity index (χ4v) is 5.22. The monoisotopic (exact) mass is 460 g/mol. The van der Waals surface area contributed by atoms with Gasteiger partial charge in [-0.15, -0.1) is 0 Å². The Kier molecular flexibility index (Phi) is 6.33. The SMILES string of the molecule is O=C(Nc1ccn(Cc2cccc(F)c2)n1)[C@@H]1CCCN(S(=O)(=O)c2ccc(F)cc2)C1. The van der Waals surface area contributed by atoms with Crippen molar-refractivity contribution in [1.29, 1.82) is 0 Å². The molecular formula is C22H22F2N4O3S. The van der Waals surface area contributed by atoms with Crippen LogP contribution in [0.1, 0.15) is 18.4 Å². The number of piperidine rings is 1. The molecule has 4 rings (SSSR count). The summed E-state index contributed by atoms with van der Waals surface area (Å²) in [7, 11) is -3.82. The zero-order chi connectivity index (χ0) is 22.7. The van der Waals surface area contributed by atoms with Gasteiger partial charge >= 0.3 is 0 Å². The second-order valence-electron chi connectivity index (χ2n) is 7.67. The minimum atomic E-state index is -3.82. The number of hydrogen-bond acceptors (Lipinski definition) is 4. The lowest BCUT2D eigenvalue weighted by Gasteiger charge is -2.31. The highest BCUT2D eigenvalue weighted by Crippen LogP contribution is 2.25. The molecule has 1 fully saturated rings. The minimum Gasteiger partial charge on any atom is -0.309 e. The van der Waals surface area contributed by atoms with Gasteiger partial charge in [0.15, 0.2) is 5.82 Å². The van der Waals surface area contributed by atoms with Crippen molar-refractivity contribution in [3.05, 3.63) is 78.0 Å². The Labute approximate surface area is 184 Å². The summed E-state index contributed by atoms with van der Waals surface area (Å²) in [6.45, 7) is 0.683. The van der Waals surface area contributed by atoms with Gasteiger partial charge in [0.1, 0.15) is 11.6 Å². The van der Waals surface area contributed by atoms with Gasteiger partial charge < -0.3 is 5.32 Å². The first-order chi connectivity index (χ1) is 15.3. The van der Waals surface area contributed by atoms with Crippen molar-refractivity contribution in [2.24, 2.45) is 5.92 Å². The Morgan fingerprint density at radius 3 is 2.62 bits per heavy atom. The van der Waals surface area contributed by atoms with Crippen molar-refractivity contribution < 1.29 is 22.0 Å². The molecule has 0 aliphatic carbocycles. The molecule has 0 spiro atoms. The van der Waals surface area contributed by atoms with Crippen LogP contribution in [0.25, 0.3) is 0 Å². The average Bonchev–Trinajstić information content (AvgIpc) is 3.20. The van der Waals surface area contributed by atoms with Crippen molar-refractivity contribution >= 4 is 21.7 Å². The maximum Gasteiger partial charge on any atom is 0.243 e. The smallest absolute Gasteiger partial charge is 0.243 e. The average molecular weight is 461 g/mol. The van der Waals surface area contributed by atoms with Crippen LogP contribution in [0.5, 0.6) is 0 Å². The van der Waals surface area contributed by atoms with E-state index in [1.54, 1.807) is 29.1 Å². The maximum absolute atomic E-state index is 13.3. The number of aromatic nitrogens is 2. The van der Waals surface area contributed by atoms with E-state index in [9.17, 15) is 22.0 Å². The summed E-state index contributed by atoms with van der Waals surface area (Å²) in [6, 6.07) is 12.4.